The van der Waals surface area contributed by atoms with Crippen molar-refractivity contribution in [2.45, 2.75) is 50.6 Å². The minimum atomic E-state index is -0.943. The number of hydrogen-bond acceptors (Lipinski definition) is 5. The molecule has 1 fully saturated rings. The van der Waals surface area contributed by atoms with E-state index < -0.39 is 11.5 Å². The van der Waals surface area contributed by atoms with Crippen molar-refractivity contribution in [2.24, 2.45) is 0 Å². The zero-order valence-electron chi connectivity index (χ0n) is 15.2. The van der Waals surface area contributed by atoms with E-state index in [4.69, 9.17) is 4.74 Å². The molecule has 0 unspecified atom stereocenters. The van der Waals surface area contributed by atoms with Crippen LogP contribution >= 0.6 is 15.9 Å². The SMILES string of the molecule is COC(=O)C1(NC(=O)CCn2cnc3ccc(Br)cc3c2=O)CCCCC1. The predicted octanol–water partition coefficient (Wildman–Crippen LogP) is 2.54. The monoisotopic (exact) mass is 435 g/mol. The Bertz CT molecular complexity index is 919. The van der Waals surface area contributed by atoms with Crippen LogP contribution in [0.2, 0.25) is 0 Å². The summed E-state index contributed by atoms with van der Waals surface area (Å²) in [5.41, 5.74) is -0.535. The summed E-state index contributed by atoms with van der Waals surface area (Å²) in [5, 5.41) is 3.35. The van der Waals surface area contributed by atoms with Gasteiger partial charge in [-0.15, -0.1) is 0 Å². The number of rotatable bonds is 5. The van der Waals surface area contributed by atoms with Crippen LogP contribution in [0.3, 0.4) is 0 Å². The summed E-state index contributed by atoms with van der Waals surface area (Å²) < 4.78 is 7.12. The fraction of sp³-hybridized carbons (Fsp3) is 0.474. The highest BCUT2D eigenvalue weighted by molar-refractivity contribution is 9.10. The van der Waals surface area contributed by atoms with Crippen molar-refractivity contribution in [3.63, 3.8) is 0 Å². The lowest BCUT2D eigenvalue weighted by atomic mass is 9.81. The van der Waals surface area contributed by atoms with Crippen LogP contribution < -0.4 is 10.9 Å². The van der Waals surface area contributed by atoms with Gasteiger partial charge < -0.3 is 10.1 Å². The van der Waals surface area contributed by atoms with Crippen molar-refractivity contribution >= 4 is 38.7 Å². The Morgan fingerprint density at radius 1 is 1.30 bits per heavy atom. The lowest BCUT2D eigenvalue weighted by Gasteiger charge is -2.35. The van der Waals surface area contributed by atoms with Crippen molar-refractivity contribution in [1.82, 2.24) is 14.9 Å². The number of ether oxygens (including phenoxy) is 1. The second-order valence-corrected chi connectivity index (χ2v) is 7.75. The fourth-order valence-electron chi connectivity index (χ4n) is 3.57. The number of aromatic nitrogens is 2. The van der Waals surface area contributed by atoms with E-state index in [0.717, 1.165) is 23.7 Å². The molecule has 1 aromatic carbocycles. The highest BCUT2D eigenvalue weighted by atomic mass is 79.9. The third-order valence-electron chi connectivity index (χ3n) is 5.03. The van der Waals surface area contributed by atoms with E-state index in [2.05, 4.69) is 26.2 Å². The fourth-order valence-corrected chi connectivity index (χ4v) is 3.93. The molecule has 3 rings (SSSR count). The molecule has 144 valence electrons. The minimum Gasteiger partial charge on any atom is -0.467 e. The van der Waals surface area contributed by atoms with Crippen LogP contribution in [0.25, 0.3) is 10.9 Å². The van der Waals surface area contributed by atoms with E-state index >= 15 is 0 Å². The molecule has 1 aliphatic rings. The first-order chi connectivity index (χ1) is 12.9. The molecule has 0 spiro atoms. The first kappa shape index (κ1) is 19.5. The summed E-state index contributed by atoms with van der Waals surface area (Å²) in [5.74, 6) is -0.673. The van der Waals surface area contributed by atoms with Gasteiger partial charge in [-0.25, -0.2) is 9.78 Å². The average Bonchev–Trinajstić information content (AvgIpc) is 2.68. The van der Waals surface area contributed by atoms with Crippen molar-refractivity contribution < 1.29 is 14.3 Å². The number of methoxy groups -OCH3 is 1. The molecule has 0 aliphatic heterocycles. The molecule has 0 radical (unpaired) electrons. The number of aryl methyl sites for hydroxylation is 1. The van der Waals surface area contributed by atoms with E-state index in [-0.39, 0.29) is 24.4 Å². The summed E-state index contributed by atoms with van der Waals surface area (Å²) in [6.07, 6.45) is 5.48. The second kappa shape index (κ2) is 8.21. The largest absolute Gasteiger partial charge is 0.467 e. The van der Waals surface area contributed by atoms with Crippen molar-refractivity contribution in [1.29, 1.82) is 0 Å². The molecule has 7 nitrogen and oxygen atoms in total. The Balaban J connectivity index is 1.71. The van der Waals surface area contributed by atoms with Crippen molar-refractivity contribution in [3.8, 4) is 0 Å². The number of nitrogens with one attached hydrogen (secondary N) is 1. The molecule has 1 aliphatic carbocycles. The highest BCUT2D eigenvalue weighted by Gasteiger charge is 2.41. The quantitative estimate of drug-likeness (QED) is 0.728. The van der Waals surface area contributed by atoms with E-state index in [1.165, 1.54) is 18.0 Å². The maximum atomic E-state index is 12.6. The maximum absolute atomic E-state index is 12.6. The zero-order valence-corrected chi connectivity index (χ0v) is 16.8. The van der Waals surface area contributed by atoms with E-state index in [0.29, 0.717) is 23.7 Å². The number of carbonyl (C=O) groups is 2. The molecule has 8 heteroatoms. The first-order valence-corrected chi connectivity index (χ1v) is 9.79. The van der Waals surface area contributed by atoms with Crippen molar-refractivity contribution in [3.05, 3.63) is 39.4 Å². The highest BCUT2D eigenvalue weighted by Crippen LogP contribution is 2.29. The lowest BCUT2D eigenvalue weighted by molar-refractivity contribution is -0.152. The van der Waals surface area contributed by atoms with Gasteiger partial charge in [-0.3, -0.25) is 14.2 Å². The Morgan fingerprint density at radius 3 is 2.74 bits per heavy atom. The van der Waals surface area contributed by atoms with E-state index in [9.17, 15) is 14.4 Å². The third kappa shape index (κ3) is 4.21. The summed E-state index contributed by atoms with van der Waals surface area (Å²) >= 11 is 3.35. The van der Waals surface area contributed by atoms with Crippen LogP contribution in [0, 0.1) is 0 Å². The van der Waals surface area contributed by atoms with Gasteiger partial charge in [0.2, 0.25) is 5.91 Å². The summed E-state index contributed by atoms with van der Waals surface area (Å²) in [4.78, 5) is 41.6. The number of carbonyl (C=O) groups excluding carboxylic acids is 2. The standard InChI is InChI=1S/C19H22BrN3O4/c1-27-18(26)19(8-3-2-4-9-19)22-16(24)7-10-23-12-21-15-6-5-13(20)11-14(15)17(23)25/h5-6,11-12H,2-4,7-10H2,1H3,(H,22,24). The van der Waals surface area contributed by atoms with Crippen LogP contribution in [0.1, 0.15) is 38.5 Å². The molecule has 0 saturated heterocycles. The van der Waals surface area contributed by atoms with Crippen LogP contribution in [0.5, 0.6) is 0 Å². The van der Waals surface area contributed by atoms with Crippen molar-refractivity contribution in [2.75, 3.05) is 7.11 Å². The number of fused-ring (bicyclic) bond motifs is 1. The number of nitrogens with zero attached hydrogens (tertiary/aromatic N) is 2. The second-order valence-electron chi connectivity index (χ2n) is 6.84. The molecular formula is C19H22BrN3O4. The lowest BCUT2D eigenvalue weighted by Crippen LogP contribution is -2.56. The van der Waals surface area contributed by atoms with Gasteiger partial charge in [-0.05, 0) is 31.0 Å². The predicted molar refractivity (Wildman–Crippen MR) is 104 cm³/mol. The molecule has 1 aromatic heterocycles. The molecule has 2 aromatic rings. The molecular weight excluding hydrogens is 414 g/mol. The molecule has 27 heavy (non-hydrogen) atoms. The van der Waals surface area contributed by atoms with Gasteiger partial charge in [0.1, 0.15) is 5.54 Å². The number of esters is 1. The smallest absolute Gasteiger partial charge is 0.331 e. The van der Waals surface area contributed by atoms with Crippen LogP contribution in [-0.4, -0.2) is 34.1 Å². The molecule has 0 atom stereocenters. The Labute approximate surface area is 165 Å². The first-order valence-electron chi connectivity index (χ1n) is 8.99. The number of amides is 1. The number of halogens is 1. The summed E-state index contributed by atoms with van der Waals surface area (Å²) in [6.45, 7) is 0.192. The van der Waals surface area contributed by atoms with Gasteiger partial charge in [0.25, 0.3) is 5.56 Å². The zero-order chi connectivity index (χ0) is 19.4. The summed E-state index contributed by atoms with van der Waals surface area (Å²) in [6, 6.07) is 5.31. The Morgan fingerprint density at radius 2 is 2.04 bits per heavy atom. The third-order valence-corrected chi connectivity index (χ3v) is 5.52. The molecule has 1 N–H and O–H groups in total. The van der Waals surface area contributed by atoms with Gasteiger partial charge >= 0.3 is 5.97 Å². The van der Waals surface area contributed by atoms with Gasteiger partial charge in [0.15, 0.2) is 0 Å². The van der Waals surface area contributed by atoms with Gasteiger partial charge in [0, 0.05) is 17.4 Å². The van der Waals surface area contributed by atoms with E-state index in [1.54, 1.807) is 12.1 Å². The summed E-state index contributed by atoms with van der Waals surface area (Å²) in [7, 11) is 1.34. The van der Waals surface area contributed by atoms with Crippen LogP contribution in [0.15, 0.2) is 33.8 Å². The average molecular weight is 436 g/mol. The normalized spacial score (nSPS) is 16.1. The number of hydrogen-bond donors (Lipinski definition) is 1. The Kier molecular flexibility index (Phi) is 5.94. The molecule has 0 bridgehead atoms. The molecule has 1 heterocycles. The number of benzene rings is 1. The minimum absolute atomic E-state index is 0.0832. The van der Waals surface area contributed by atoms with Crippen LogP contribution in [0.4, 0.5) is 0 Å². The van der Waals surface area contributed by atoms with Gasteiger partial charge in [0.05, 0.1) is 24.3 Å². The van der Waals surface area contributed by atoms with Crippen LogP contribution in [-0.2, 0) is 20.9 Å². The van der Waals surface area contributed by atoms with Gasteiger partial charge in [-0.1, -0.05) is 35.2 Å². The van der Waals surface area contributed by atoms with Gasteiger partial charge in [-0.2, -0.15) is 0 Å². The maximum Gasteiger partial charge on any atom is 0.331 e. The topological polar surface area (TPSA) is 90.3 Å². The molecule has 1 saturated carbocycles. The molecule has 1 amide bonds. The van der Waals surface area contributed by atoms with E-state index in [1.807, 2.05) is 6.07 Å². The Hall–Kier alpha value is -2.22.